The summed E-state index contributed by atoms with van der Waals surface area (Å²) in [5.74, 6) is 1.93. The minimum absolute atomic E-state index is 0.0431. The van der Waals surface area contributed by atoms with Crippen molar-refractivity contribution in [2.75, 3.05) is 0 Å². The highest BCUT2D eigenvalue weighted by Gasteiger charge is 2.20. The highest BCUT2D eigenvalue weighted by atomic mass is 16.5. The molecule has 0 amide bonds. The van der Waals surface area contributed by atoms with Crippen molar-refractivity contribution in [3.05, 3.63) is 170 Å². The number of para-hydroxylation sites is 2. The van der Waals surface area contributed by atoms with Gasteiger partial charge in [-0.15, -0.1) is 0 Å². The highest BCUT2D eigenvalue weighted by Crippen LogP contribution is 2.38. The van der Waals surface area contributed by atoms with E-state index in [0.717, 1.165) is 55.6 Å². The molecule has 9 aromatic rings. The topological polar surface area (TPSA) is 48.8 Å². The Labute approximate surface area is 324 Å². The van der Waals surface area contributed by atoms with Crippen molar-refractivity contribution in [1.29, 1.82) is 0 Å². The zero-order valence-corrected chi connectivity index (χ0v) is 31.7. The van der Waals surface area contributed by atoms with Gasteiger partial charge in [0, 0.05) is 32.0 Å². The first-order valence-corrected chi connectivity index (χ1v) is 18.8. The molecule has 270 valence electrons. The van der Waals surface area contributed by atoms with Crippen LogP contribution in [0.15, 0.2) is 152 Å². The molecule has 0 bridgehead atoms. The Morgan fingerprint density at radius 1 is 0.727 bits per heavy atom. The number of hydrogen-bond acceptors (Lipinski definition) is 3. The zero-order valence-electron chi connectivity index (χ0n) is 33.7. The van der Waals surface area contributed by atoms with E-state index < -0.39 is 6.37 Å². The Kier molecular flexibility index (Phi) is 7.96. The van der Waals surface area contributed by atoms with Gasteiger partial charge in [0.15, 0.2) is 0 Å². The molecule has 0 spiro atoms. The van der Waals surface area contributed by atoms with E-state index in [1.165, 1.54) is 11.1 Å². The fraction of sp³-hybridized carbons (Fsp3) is 0.163. The average molecular weight is 720 g/mol. The minimum atomic E-state index is -1.47. The number of aromatic nitrogens is 5. The lowest BCUT2D eigenvalue weighted by Gasteiger charge is -2.20. The minimum Gasteiger partial charge on any atom is -0.456 e. The fourth-order valence-electron chi connectivity index (χ4n) is 7.36. The molecule has 9 rings (SSSR count). The van der Waals surface area contributed by atoms with Crippen LogP contribution in [0.3, 0.4) is 0 Å². The number of rotatable bonds is 8. The molecule has 0 saturated heterocycles. The van der Waals surface area contributed by atoms with Crippen LogP contribution in [0.2, 0.25) is 0 Å². The van der Waals surface area contributed by atoms with Crippen molar-refractivity contribution >= 4 is 32.8 Å². The maximum absolute atomic E-state index is 8.71. The number of fused-ring (bicyclic) bond motifs is 4. The molecule has 6 heteroatoms. The molecule has 4 heterocycles. The standard InChI is InChI=1S/C49H43N5O/c1-33(2)24-34-12-11-15-38(25-34)52-32-53(46-17-10-9-16-45(46)52)39-28-41(31-50-30-39)55-40-19-20-42-43-26-36(35-13-7-6-8-14-35)18-21-44(43)54(47(42)29-40)48-27-37(22-23-51-48)49(3,4)5/h6-23,25-31,33H,24H2,1-5H3/i24D2. The monoisotopic (exact) mass is 719 g/mol. The summed E-state index contributed by atoms with van der Waals surface area (Å²) in [5.41, 5.74) is 9.65. The molecule has 0 unspecified atom stereocenters. The lowest BCUT2D eigenvalue weighted by Crippen LogP contribution is -2.29. The third-order valence-corrected chi connectivity index (χ3v) is 10.0. The summed E-state index contributed by atoms with van der Waals surface area (Å²) in [4.78, 5) is 9.50. The Hall–Kier alpha value is -6.53. The molecule has 0 aliphatic heterocycles. The predicted molar refractivity (Wildman–Crippen MR) is 223 cm³/mol. The van der Waals surface area contributed by atoms with Gasteiger partial charge in [-0.05, 0) is 89.0 Å². The Morgan fingerprint density at radius 3 is 2.40 bits per heavy atom. The molecule has 0 N–H and O–H groups in total. The van der Waals surface area contributed by atoms with Gasteiger partial charge in [-0.25, -0.2) is 4.98 Å². The maximum Gasteiger partial charge on any atom is 0.269 e. The second-order valence-electron chi connectivity index (χ2n) is 15.4. The zero-order chi connectivity index (χ0) is 39.5. The first kappa shape index (κ1) is 31.9. The summed E-state index contributed by atoms with van der Waals surface area (Å²) in [5, 5.41) is 2.24. The summed E-state index contributed by atoms with van der Waals surface area (Å²) in [6.07, 6.45) is 7.47. The SMILES string of the molecule is [2H]C([2H])(c1cccc(-[n+]2[c-]n(-c3cncc(Oc4ccc5c6cc(-c7ccccc7)ccc6n(-c6cc(C(C)(C)C)ccn6)c5c4)c3)c3ccccc32)c1)C(C)C. The molecule has 0 radical (unpaired) electrons. The summed E-state index contributed by atoms with van der Waals surface area (Å²) in [7, 11) is 0. The van der Waals surface area contributed by atoms with Crippen LogP contribution in [0.4, 0.5) is 0 Å². The van der Waals surface area contributed by atoms with E-state index in [2.05, 4.69) is 103 Å². The van der Waals surface area contributed by atoms with Crippen molar-refractivity contribution < 1.29 is 12.0 Å². The van der Waals surface area contributed by atoms with E-state index in [1.54, 1.807) is 12.4 Å². The number of ether oxygens (including phenoxy) is 1. The summed E-state index contributed by atoms with van der Waals surface area (Å²) >= 11 is 0. The third-order valence-electron chi connectivity index (χ3n) is 10.0. The van der Waals surface area contributed by atoms with Crippen LogP contribution in [-0.2, 0) is 11.8 Å². The molecule has 0 fully saturated rings. The lowest BCUT2D eigenvalue weighted by atomic mass is 9.88. The third kappa shape index (κ3) is 6.54. The van der Waals surface area contributed by atoms with Crippen LogP contribution < -0.4 is 9.30 Å². The van der Waals surface area contributed by atoms with E-state index >= 15 is 0 Å². The number of imidazole rings is 1. The average Bonchev–Trinajstić information content (AvgIpc) is 3.77. The van der Waals surface area contributed by atoms with Crippen molar-refractivity contribution in [2.24, 2.45) is 5.92 Å². The van der Waals surface area contributed by atoms with Crippen LogP contribution in [0.25, 0.3) is 61.2 Å². The molecular formula is C49H43N5O. The molecular weight excluding hydrogens is 675 g/mol. The molecule has 0 atom stereocenters. The van der Waals surface area contributed by atoms with Crippen molar-refractivity contribution in [3.8, 4) is 39.8 Å². The highest BCUT2D eigenvalue weighted by molar-refractivity contribution is 6.10. The number of pyridine rings is 2. The van der Waals surface area contributed by atoms with Gasteiger partial charge >= 0.3 is 0 Å². The second-order valence-corrected chi connectivity index (χ2v) is 15.4. The lowest BCUT2D eigenvalue weighted by molar-refractivity contribution is -0.572. The van der Waals surface area contributed by atoms with Gasteiger partial charge in [0.05, 0.1) is 39.6 Å². The molecule has 5 aromatic carbocycles. The van der Waals surface area contributed by atoms with E-state index in [-0.39, 0.29) is 11.3 Å². The van der Waals surface area contributed by atoms with E-state index in [0.29, 0.717) is 17.1 Å². The normalized spacial score (nSPS) is 12.8. The Morgan fingerprint density at radius 2 is 1.56 bits per heavy atom. The van der Waals surface area contributed by atoms with Gasteiger partial charge in [0.2, 0.25) is 0 Å². The quantitative estimate of drug-likeness (QED) is 0.116. The number of hydrogen-bond donors (Lipinski definition) is 0. The van der Waals surface area contributed by atoms with Gasteiger partial charge in [-0.2, -0.15) is 0 Å². The maximum atomic E-state index is 8.71. The van der Waals surface area contributed by atoms with Gasteiger partial charge in [-0.1, -0.05) is 113 Å². The molecule has 4 aromatic heterocycles. The van der Waals surface area contributed by atoms with E-state index in [1.807, 2.05) is 95.9 Å². The van der Waals surface area contributed by atoms with Gasteiger partial charge in [0.25, 0.3) is 6.33 Å². The smallest absolute Gasteiger partial charge is 0.269 e. The summed E-state index contributed by atoms with van der Waals surface area (Å²) in [6.45, 7) is 10.5. The van der Waals surface area contributed by atoms with Gasteiger partial charge in [0.1, 0.15) is 17.3 Å². The van der Waals surface area contributed by atoms with Crippen LogP contribution >= 0.6 is 0 Å². The predicted octanol–water partition coefficient (Wildman–Crippen LogP) is 11.5. The van der Waals surface area contributed by atoms with Gasteiger partial charge in [-0.3, -0.25) is 18.7 Å². The summed E-state index contributed by atoms with van der Waals surface area (Å²) in [6, 6.07) is 45.3. The second kappa shape index (κ2) is 13.7. The van der Waals surface area contributed by atoms with E-state index in [9.17, 15) is 0 Å². The molecule has 6 nitrogen and oxygen atoms in total. The largest absolute Gasteiger partial charge is 0.456 e. The first-order chi connectivity index (χ1) is 27.5. The van der Waals surface area contributed by atoms with Crippen molar-refractivity contribution in [1.82, 2.24) is 19.1 Å². The number of nitrogens with zero attached hydrogens (tertiary/aromatic N) is 5. The van der Waals surface area contributed by atoms with Crippen LogP contribution in [-0.4, -0.2) is 19.1 Å². The van der Waals surface area contributed by atoms with Crippen LogP contribution in [0.1, 0.15) is 48.5 Å². The van der Waals surface area contributed by atoms with Crippen LogP contribution in [0, 0.1) is 12.2 Å². The van der Waals surface area contributed by atoms with Crippen molar-refractivity contribution in [3.63, 3.8) is 0 Å². The van der Waals surface area contributed by atoms with Crippen LogP contribution in [0.5, 0.6) is 11.5 Å². The molecule has 0 aliphatic rings. The molecule has 0 aliphatic carbocycles. The van der Waals surface area contributed by atoms with Gasteiger partial charge < -0.3 is 4.74 Å². The number of benzene rings is 5. The van der Waals surface area contributed by atoms with E-state index in [4.69, 9.17) is 12.5 Å². The van der Waals surface area contributed by atoms with Crippen molar-refractivity contribution in [2.45, 2.75) is 46.4 Å². The summed E-state index contributed by atoms with van der Waals surface area (Å²) < 4.78 is 30.2. The molecule has 0 saturated carbocycles. The Bertz CT molecular complexity index is 2940. The fourth-order valence-corrected chi connectivity index (χ4v) is 7.36. The Balaban J connectivity index is 1.13. The first-order valence-electron chi connectivity index (χ1n) is 19.8. The molecule has 55 heavy (non-hydrogen) atoms.